The number of carboxylic acid groups (broad SMARTS) is 1. The summed E-state index contributed by atoms with van der Waals surface area (Å²) in [5.41, 5.74) is 5.36. The average Bonchev–Trinajstić information content (AvgIpc) is 3.33. The fourth-order valence-corrected chi connectivity index (χ4v) is 3.99. The van der Waals surface area contributed by atoms with Gasteiger partial charge in [0.25, 0.3) is 0 Å². The van der Waals surface area contributed by atoms with Gasteiger partial charge in [0, 0.05) is 30.5 Å². The molecule has 0 bridgehead atoms. The summed E-state index contributed by atoms with van der Waals surface area (Å²) in [6, 6.07) is 28.9. The maximum atomic E-state index is 12.9. The number of hydrogen-bond acceptors (Lipinski definition) is 3. The Kier molecular flexibility index (Phi) is 7.58. The van der Waals surface area contributed by atoms with Crippen molar-refractivity contribution in [2.45, 2.75) is 20.0 Å². The first-order chi connectivity index (χ1) is 17.0. The molecule has 0 aliphatic heterocycles. The van der Waals surface area contributed by atoms with Crippen molar-refractivity contribution in [1.29, 1.82) is 0 Å². The number of allylic oxidation sites excluding steroid dienone is 1. The molecule has 0 spiro atoms. The number of anilines is 1. The Bertz CT molecular complexity index is 1320. The summed E-state index contributed by atoms with van der Waals surface area (Å²) < 4.78 is 1.94. The van der Waals surface area contributed by atoms with Gasteiger partial charge < -0.3 is 14.6 Å². The molecule has 0 unspecified atom stereocenters. The maximum Gasteiger partial charge on any atom is 0.323 e. The van der Waals surface area contributed by atoms with Crippen molar-refractivity contribution >= 4 is 23.5 Å². The van der Waals surface area contributed by atoms with Crippen molar-refractivity contribution in [3.63, 3.8) is 0 Å². The number of nitrogens with zero attached hydrogens (tertiary/aromatic N) is 2. The van der Waals surface area contributed by atoms with E-state index in [-0.39, 0.29) is 12.3 Å². The van der Waals surface area contributed by atoms with Crippen LogP contribution in [0, 0.1) is 6.92 Å². The standard InChI is InChI=1S/C30H28N2O3/c1-23-14-16-26(17-15-23)30(35)28-13-7-19-31(28)18-6-10-24-8-5-9-25(20-24)21-32(22-29(33)34)27-11-3-2-4-12-27/h2-17,19-20H,18,21-22H2,1H3,(H,33,34)/b10-6+. The zero-order chi connectivity index (χ0) is 24.6. The van der Waals surface area contributed by atoms with E-state index in [4.69, 9.17) is 0 Å². The number of ketones is 1. The van der Waals surface area contributed by atoms with Gasteiger partial charge >= 0.3 is 5.97 Å². The Hall–Kier alpha value is -4.38. The van der Waals surface area contributed by atoms with Crippen LogP contribution in [-0.2, 0) is 17.9 Å². The van der Waals surface area contributed by atoms with Crippen LogP contribution in [-0.4, -0.2) is 28.0 Å². The first-order valence-electron chi connectivity index (χ1n) is 11.5. The monoisotopic (exact) mass is 464 g/mol. The minimum absolute atomic E-state index is 0.00447. The average molecular weight is 465 g/mol. The lowest BCUT2D eigenvalue weighted by molar-refractivity contribution is -0.135. The number of rotatable bonds is 10. The van der Waals surface area contributed by atoms with E-state index in [2.05, 4.69) is 6.07 Å². The third-order valence-corrected chi connectivity index (χ3v) is 5.76. The number of aromatic nitrogens is 1. The number of aliphatic carboxylic acids is 1. The molecule has 0 saturated carbocycles. The van der Waals surface area contributed by atoms with Crippen LogP contribution in [0.15, 0.2) is 103 Å². The molecule has 1 N–H and O–H groups in total. The maximum absolute atomic E-state index is 12.9. The number of aryl methyl sites for hydroxylation is 1. The summed E-state index contributed by atoms with van der Waals surface area (Å²) in [7, 11) is 0. The van der Waals surface area contributed by atoms with Crippen LogP contribution in [0.1, 0.15) is 32.7 Å². The fourth-order valence-electron chi connectivity index (χ4n) is 3.99. The number of carboxylic acids is 1. The van der Waals surface area contributed by atoms with E-state index < -0.39 is 5.97 Å². The highest BCUT2D eigenvalue weighted by molar-refractivity contribution is 6.08. The van der Waals surface area contributed by atoms with Crippen LogP contribution < -0.4 is 4.90 Å². The molecule has 0 aliphatic rings. The molecule has 0 fully saturated rings. The molecule has 0 radical (unpaired) electrons. The molecule has 5 nitrogen and oxygen atoms in total. The van der Waals surface area contributed by atoms with Crippen LogP contribution in [0.4, 0.5) is 5.69 Å². The van der Waals surface area contributed by atoms with Crippen molar-refractivity contribution in [3.05, 3.63) is 131 Å². The minimum atomic E-state index is -0.868. The summed E-state index contributed by atoms with van der Waals surface area (Å²) in [6.45, 7) is 2.99. The fraction of sp³-hybridized carbons (Fsp3) is 0.133. The third kappa shape index (κ3) is 6.36. The lowest BCUT2D eigenvalue weighted by Crippen LogP contribution is -2.29. The Morgan fingerprint density at radius 1 is 0.914 bits per heavy atom. The second kappa shape index (κ2) is 11.2. The molecule has 1 aromatic heterocycles. The first kappa shape index (κ1) is 23.8. The molecule has 4 rings (SSSR count). The van der Waals surface area contributed by atoms with Crippen molar-refractivity contribution in [3.8, 4) is 0 Å². The molecule has 0 saturated heterocycles. The van der Waals surface area contributed by atoms with Gasteiger partial charge in [-0.05, 0) is 48.4 Å². The van der Waals surface area contributed by atoms with Crippen LogP contribution in [0.3, 0.4) is 0 Å². The van der Waals surface area contributed by atoms with Gasteiger partial charge in [-0.25, -0.2) is 0 Å². The quantitative estimate of drug-likeness (QED) is 0.300. The lowest BCUT2D eigenvalue weighted by atomic mass is 10.1. The SMILES string of the molecule is Cc1ccc(C(=O)c2cccn2C/C=C/c2cccc(CN(CC(=O)O)c3ccccc3)c2)cc1. The van der Waals surface area contributed by atoms with Gasteiger partial charge in [-0.15, -0.1) is 0 Å². The van der Waals surface area contributed by atoms with E-state index in [1.54, 1.807) is 0 Å². The molecule has 176 valence electrons. The Labute approximate surface area is 205 Å². The summed E-state index contributed by atoms with van der Waals surface area (Å²) in [5.74, 6) is -0.863. The minimum Gasteiger partial charge on any atom is -0.480 e. The topological polar surface area (TPSA) is 62.5 Å². The zero-order valence-electron chi connectivity index (χ0n) is 19.7. The smallest absolute Gasteiger partial charge is 0.323 e. The van der Waals surface area contributed by atoms with Gasteiger partial charge in [0.1, 0.15) is 6.54 Å². The van der Waals surface area contributed by atoms with Crippen molar-refractivity contribution in [2.24, 2.45) is 0 Å². The van der Waals surface area contributed by atoms with Crippen LogP contribution in [0.2, 0.25) is 0 Å². The van der Waals surface area contributed by atoms with Crippen molar-refractivity contribution in [1.82, 2.24) is 4.57 Å². The summed E-state index contributed by atoms with van der Waals surface area (Å²) in [5, 5.41) is 9.35. The Morgan fingerprint density at radius 3 is 2.43 bits per heavy atom. The molecule has 0 amide bonds. The second-order valence-corrected chi connectivity index (χ2v) is 8.47. The van der Waals surface area contributed by atoms with Gasteiger partial charge in [-0.3, -0.25) is 9.59 Å². The molecule has 4 aromatic rings. The first-order valence-corrected chi connectivity index (χ1v) is 11.5. The predicted octanol–water partition coefficient (Wildman–Crippen LogP) is 5.83. The highest BCUT2D eigenvalue weighted by Crippen LogP contribution is 2.18. The van der Waals surface area contributed by atoms with Crippen LogP contribution >= 0.6 is 0 Å². The molecule has 5 heteroatoms. The van der Waals surface area contributed by atoms with Crippen LogP contribution in [0.5, 0.6) is 0 Å². The van der Waals surface area contributed by atoms with E-state index >= 15 is 0 Å². The number of carbonyl (C=O) groups excluding carboxylic acids is 1. The zero-order valence-corrected chi connectivity index (χ0v) is 19.7. The molecule has 3 aromatic carbocycles. The molecule has 0 atom stereocenters. The van der Waals surface area contributed by atoms with E-state index in [0.29, 0.717) is 24.3 Å². The Morgan fingerprint density at radius 2 is 1.69 bits per heavy atom. The predicted molar refractivity (Wildman–Crippen MR) is 140 cm³/mol. The molecule has 0 aliphatic carbocycles. The highest BCUT2D eigenvalue weighted by atomic mass is 16.4. The van der Waals surface area contributed by atoms with E-state index in [0.717, 1.165) is 22.4 Å². The largest absolute Gasteiger partial charge is 0.480 e. The molecular formula is C30H28N2O3. The molecule has 1 heterocycles. The number of hydrogen-bond donors (Lipinski definition) is 1. The van der Waals surface area contributed by atoms with E-state index in [1.807, 2.05) is 120 Å². The number of para-hydroxylation sites is 1. The third-order valence-electron chi connectivity index (χ3n) is 5.76. The van der Waals surface area contributed by atoms with E-state index in [9.17, 15) is 14.7 Å². The molecular weight excluding hydrogens is 436 g/mol. The summed E-state index contributed by atoms with van der Waals surface area (Å²) in [4.78, 5) is 26.2. The van der Waals surface area contributed by atoms with Gasteiger partial charge in [0.05, 0.1) is 5.69 Å². The number of benzene rings is 3. The normalized spacial score (nSPS) is 11.0. The van der Waals surface area contributed by atoms with Gasteiger partial charge in [0.15, 0.2) is 0 Å². The van der Waals surface area contributed by atoms with E-state index in [1.165, 1.54) is 0 Å². The summed E-state index contributed by atoms with van der Waals surface area (Å²) >= 11 is 0. The summed E-state index contributed by atoms with van der Waals surface area (Å²) in [6.07, 6.45) is 5.96. The van der Waals surface area contributed by atoms with Crippen LogP contribution in [0.25, 0.3) is 6.08 Å². The Balaban J connectivity index is 1.45. The number of carbonyl (C=O) groups is 2. The second-order valence-electron chi connectivity index (χ2n) is 8.47. The molecule has 35 heavy (non-hydrogen) atoms. The lowest BCUT2D eigenvalue weighted by Gasteiger charge is -2.23. The highest BCUT2D eigenvalue weighted by Gasteiger charge is 2.13. The van der Waals surface area contributed by atoms with Gasteiger partial charge in [-0.1, -0.05) is 78.4 Å². The van der Waals surface area contributed by atoms with Crippen molar-refractivity contribution in [2.75, 3.05) is 11.4 Å². The van der Waals surface area contributed by atoms with Gasteiger partial charge in [0.2, 0.25) is 5.78 Å². The van der Waals surface area contributed by atoms with Gasteiger partial charge in [-0.2, -0.15) is 0 Å². The van der Waals surface area contributed by atoms with Crippen molar-refractivity contribution < 1.29 is 14.7 Å².